The summed E-state index contributed by atoms with van der Waals surface area (Å²) in [6, 6.07) is 1.35. The first-order valence-electron chi connectivity index (χ1n) is 6.23. The van der Waals surface area contributed by atoms with E-state index in [1.165, 1.54) is 0 Å². The number of aromatic nitrogens is 2. The maximum absolute atomic E-state index is 11.9. The summed E-state index contributed by atoms with van der Waals surface area (Å²) in [5.74, 6) is -1.11. The molecule has 0 saturated carbocycles. The molecule has 1 aliphatic heterocycles. The van der Waals surface area contributed by atoms with Crippen molar-refractivity contribution in [2.75, 3.05) is 6.54 Å². The number of amides is 1. The fourth-order valence-electron chi connectivity index (χ4n) is 2.03. The average Bonchev–Trinajstić information content (AvgIpc) is 3.05. The summed E-state index contributed by atoms with van der Waals surface area (Å²) in [6.07, 6.45) is 3.50. The Hall–Kier alpha value is -1.89. The predicted molar refractivity (Wildman–Crippen MR) is 65.5 cm³/mol. The predicted octanol–water partition coefficient (Wildman–Crippen LogP) is 0.192. The highest BCUT2D eigenvalue weighted by Gasteiger charge is 2.30. The van der Waals surface area contributed by atoms with E-state index in [-0.39, 0.29) is 12.0 Å². The lowest BCUT2D eigenvalue weighted by Crippen LogP contribution is -2.37. The van der Waals surface area contributed by atoms with E-state index in [1.54, 1.807) is 30.1 Å². The van der Waals surface area contributed by atoms with E-state index in [1.807, 2.05) is 0 Å². The van der Waals surface area contributed by atoms with Crippen molar-refractivity contribution in [3.63, 3.8) is 0 Å². The number of nitrogens with zero attached hydrogens (tertiary/aromatic N) is 2. The lowest BCUT2D eigenvalue weighted by Gasteiger charge is -2.15. The summed E-state index contributed by atoms with van der Waals surface area (Å²) in [6.45, 7) is 2.08. The molecular weight excluding hydrogens is 250 g/mol. The Morgan fingerprint density at radius 1 is 1.58 bits per heavy atom. The van der Waals surface area contributed by atoms with Crippen LogP contribution in [0.15, 0.2) is 18.5 Å². The van der Waals surface area contributed by atoms with Gasteiger partial charge in [0.15, 0.2) is 6.10 Å². The molecule has 0 aliphatic carbocycles. The molecule has 19 heavy (non-hydrogen) atoms. The molecule has 104 valence electrons. The van der Waals surface area contributed by atoms with Crippen molar-refractivity contribution in [1.29, 1.82) is 0 Å². The number of aliphatic carboxylic acids is 1. The molecule has 1 aromatic rings. The lowest BCUT2D eigenvalue weighted by molar-refractivity contribution is -0.149. The van der Waals surface area contributed by atoms with Gasteiger partial charge in [0.05, 0.1) is 6.10 Å². The molecule has 0 spiro atoms. The van der Waals surface area contributed by atoms with Crippen molar-refractivity contribution in [1.82, 2.24) is 15.1 Å². The SMILES string of the molecule is CC(C(=O)NCC1CCC(C(=O)O)O1)n1cccn1. The van der Waals surface area contributed by atoms with Crippen molar-refractivity contribution in [3.8, 4) is 0 Å². The van der Waals surface area contributed by atoms with Gasteiger partial charge in [0.2, 0.25) is 5.91 Å². The van der Waals surface area contributed by atoms with E-state index in [9.17, 15) is 9.59 Å². The van der Waals surface area contributed by atoms with Gasteiger partial charge in [-0.3, -0.25) is 9.48 Å². The molecule has 0 radical (unpaired) electrons. The number of nitrogens with one attached hydrogen (secondary N) is 1. The fraction of sp³-hybridized carbons (Fsp3) is 0.583. The molecule has 3 unspecified atom stereocenters. The molecule has 1 amide bonds. The zero-order chi connectivity index (χ0) is 13.8. The zero-order valence-electron chi connectivity index (χ0n) is 10.7. The fourth-order valence-corrected chi connectivity index (χ4v) is 2.03. The van der Waals surface area contributed by atoms with Crippen LogP contribution in [0.4, 0.5) is 0 Å². The number of carboxylic acids is 1. The van der Waals surface area contributed by atoms with Crippen molar-refractivity contribution in [2.45, 2.75) is 38.0 Å². The number of hydrogen-bond acceptors (Lipinski definition) is 4. The van der Waals surface area contributed by atoms with Gasteiger partial charge in [-0.1, -0.05) is 0 Å². The van der Waals surface area contributed by atoms with E-state index in [0.717, 1.165) is 0 Å². The van der Waals surface area contributed by atoms with Gasteiger partial charge in [0.1, 0.15) is 6.04 Å². The third-order valence-electron chi connectivity index (χ3n) is 3.19. The van der Waals surface area contributed by atoms with Crippen LogP contribution in [0.25, 0.3) is 0 Å². The van der Waals surface area contributed by atoms with E-state index in [2.05, 4.69) is 10.4 Å². The number of ether oxygens (including phenoxy) is 1. The standard InChI is InChI=1S/C12H17N3O4/c1-8(15-6-2-5-14-15)11(16)13-7-9-3-4-10(19-9)12(17)18/h2,5-6,8-10H,3-4,7H2,1H3,(H,13,16)(H,17,18). The summed E-state index contributed by atoms with van der Waals surface area (Å²) in [4.78, 5) is 22.6. The van der Waals surface area contributed by atoms with Crippen LogP contribution in [0, 0.1) is 0 Å². The summed E-state index contributed by atoms with van der Waals surface area (Å²) in [5, 5.41) is 15.6. The number of carboxylic acid groups (broad SMARTS) is 1. The highest BCUT2D eigenvalue weighted by atomic mass is 16.5. The topological polar surface area (TPSA) is 93.5 Å². The molecule has 1 fully saturated rings. The van der Waals surface area contributed by atoms with Crippen LogP contribution < -0.4 is 5.32 Å². The Morgan fingerprint density at radius 2 is 2.37 bits per heavy atom. The maximum atomic E-state index is 11.9. The van der Waals surface area contributed by atoms with Gasteiger partial charge in [0, 0.05) is 18.9 Å². The normalized spacial score (nSPS) is 24.1. The third kappa shape index (κ3) is 3.31. The van der Waals surface area contributed by atoms with Gasteiger partial charge in [-0.15, -0.1) is 0 Å². The van der Waals surface area contributed by atoms with Gasteiger partial charge < -0.3 is 15.2 Å². The van der Waals surface area contributed by atoms with Gasteiger partial charge in [0.25, 0.3) is 0 Å². The molecule has 7 nitrogen and oxygen atoms in total. The first-order chi connectivity index (χ1) is 9.08. The monoisotopic (exact) mass is 267 g/mol. The molecule has 1 saturated heterocycles. The van der Waals surface area contributed by atoms with E-state index in [4.69, 9.17) is 9.84 Å². The highest BCUT2D eigenvalue weighted by molar-refractivity contribution is 5.79. The second-order valence-electron chi connectivity index (χ2n) is 4.57. The second kappa shape index (κ2) is 5.83. The van der Waals surface area contributed by atoms with Gasteiger partial charge >= 0.3 is 5.97 Å². The Kier molecular flexibility index (Phi) is 4.16. The van der Waals surface area contributed by atoms with Crippen LogP contribution >= 0.6 is 0 Å². The largest absolute Gasteiger partial charge is 0.479 e. The Morgan fingerprint density at radius 3 is 2.95 bits per heavy atom. The molecule has 0 aromatic carbocycles. The van der Waals surface area contributed by atoms with Gasteiger partial charge in [-0.25, -0.2) is 4.79 Å². The van der Waals surface area contributed by atoms with Crippen molar-refractivity contribution < 1.29 is 19.4 Å². The maximum Gasteiger partial charge on any atom is 0.332 e. The molecular formula is C12H17N3O4. The minimum Gasteiger partial charge on any atom is -0.479 e. The minimum absolute atomic E-state index is 0.161. The molecule has 7 heteroatoms. The summed E-state index contributed by atoms with van der Waals surface area (Å²) in [7, 11) is 0. The van der Waals surface area contributed by atoms with Gasteiger partial charge in [-0.05, 0) is 25.8 Å². The van der Waals surface area contributed by atoms with Crippen LogP contribution in [-0.2, 0) is 14.3 Å². The Bertz CT molecular complexity index is 446. The third-order valence-corrected chi connectivity index (χ3v) is 3.19. The molecule has 0 bridgehead atoms. The first-order valence-corrected chi connectivity index (χ1v) is 6.23. The molecule has 1 aliphatic rings. The molecule has 2 rings (SSSR count). The molecule has 2 heterocycles. The van der Waals surface area contributed by atoms with Crippen LogP contribution in [0.2, 0.25) is 0 Å². The second-order valence-corrected chi connectivity index (χ2v) is 4.57. The Balaban J connectivity index is 1.77. The van der Waals surface area contributed by atoms with E-state index in [0.29, 0.717) is 19.4 Å². The molecule has 1 aromatic heterocycles. The van der Waals surface area contributed by atoms with Crippen molar-refractivity contribution in [2.24, 2.45) is 0 Å². The van der Waals surface area contributed by atoms with Crippen LogP contribution in [0.1, 0.15) is 25.8 Å². The number of carbonyl (C=O) groups excluding carboxylic acids is 1. The number of hydrogen-bond donors (Lipinski definition) is 2. The summed E-state index contributed by atoms with van der Waals surface area (Å²) < 4.78 is 6.87. The first kappa shape index (κ1) is 13.5. The highest BCUT2D eigenvalue weighted by Crippen LogP contribution is 2.19. The van der Waals surface area contributed by atoms with Crippen molar-refractivity contribution >= 4 is 11.9 Å². The number of rotatable bonds is 5. The minimum atomic E-state index is -0.946. The molecule has 2 N–H and O–H groups in total. The average molecular weight is 267 g/mol. The van der Waals surface area contributed by atoms with E-state index >= 15 is 0 Å². The van der Waals surface area contributed by atoms with E-state index < -0.39 is 18.1 Å². The van der Waals surface area contributed by atoms with Crippen molar-refractivity contribution in [3.05, 3.63) is 18.5 Å². The van der Waals surface area contributed by atoms with Crippen LogP contribution in [0.5, 0.6) is 0 Å². The smallest absolute Gasteiger partial charge is 0.332 e. The quantitative estimate of drug-likeness (QED) is 0.794. The van der Waals surface area contributed by atoms with Crippen LogP contribution in [0.3, 0.4) is 0 Å². The molecule has 3 atom stereocenters. The lowest BCUT2D eigenvalue weighted by atomic mass is 10.2. The number of carbonyl (C=O) groups is 2. The van der Waals surface area contributed by atoms with Gasteiger partial charge in [-0.2, -0.15) is 5.10 Å². The summed E-state index contributed by atoms with van der Waals surface area (Å²) >= 11 is 0. The Labute approximate surface area is 110 Å². The zero-order valence-corrected chi connectivity index (χ0v) is 10.7. The van der Waals surface area contributed by atoms with Crippen LogP contribution in [-0.4, -0.2) is 45.5 Å². The summed E-state index contributed by atoms with van der Waals surface area (Å²) in [5.41, 5.74) is 0.